The number of H-pyrrole nitrogens is 1. The van der Waals surface area contributed by atoms with Gasteiger partial charge in [0.05, 0.1) is 29.6 Å². The number of aromatic amines is 1. The number of aryl methyl sites for hydroxylation is 1. The molecule has 1 aliphatic rings. The number of ether oxygens (including phenoxy) is 1. The van der Waals surface area contributed by atoms with E-state index in [1.54, 1.807) is 12.4 Å². The summed E-state index contributed by atoms with van der Waals surface area (Å²) in [6, 6.07) is 9.47. The summed E-state index contributed by atoms with van der Waals surface area (Å²) >= 11 is 0. The molecule has 0 atom stereocenters. The van der Waals surface area contributed by atoms with Crippen LogP contribution in [0.25, 0.3) is 0 Å². The van der Waals surface area contributed by atoms with Crippen molar-refractivity contribution in [1.82, 2.24) is 30.4 Å². The molecule has 1 aromatic carbocycles. The van der Waals surface area contributed by atoms with Gasteiger partial charge >= 0.3 is 0 Å². The molecule has 0 aliphatic carbocycles. The first-order valence-electron chi connectivity index (χ1n) is 10.7. The number of aromatic nitrogens is 4. The molecule has 1 saturated heterocycles. The van der Waals surface area contributed by atoms with E-state index in [2.05, 4.69) is 25.5 Å². The van der Waals surface area contributed by atoms with Crippen molar-refractivity contribution in [1.29, 1.82) is 0 Å². The van der Waals surface area contributed by atoms with Crippen molar-refractivity contribution < 1.29 is 14.3 Å². The molecule has 9 heteroatoms. The molecule has 3 aromatic rings. The first kappa shape index (κ1) is 21.5. The van der Waals surface area contributed by atoms with E-state index < -0.39 is 0 Å². The third-order valence-electron chi connectivity index (χ3n) is 5.50. The molecule has 32 heavy (non-hydrogen) atoms. The lowest BCUT2D eigenvalue weighted by Crippen LogP contribution is -2.38. The van der Waals surface area contributed by atoms with Crippen molar-refractivity contribution in [3.8, 4) is 5.75 Å². The topological polar surface area (TPSA) is 113 Å². The maximum absolute atomic E-state index is 12.8. The minimum atomic E-state index is -0.214. The predicted octanol–water partition coefficient (Wildman–Crippen LogP) is 2.34. The Kier molecular flexibility index (Phi) is 6.74. The highest BCUT2D eigenvalue weighted by Gasteiger charge is 2.28. The Bertz CT molecular complexity index is 1050. The van der Waals surface area contributed by atoms with E-state index in [0.29, 0.717) is 43.2 Å². The number of nitrogens with one attached hydrogen (secondary N) is 2. The molecule has 0 unspecified atom stereocenters. The number of nitrogens with zero attached hydrogens (tertiary/aromatic N) is 4. The Labute approximate surface area is 186 Å². The highest BCUT2D eigenvalue weighted by molar-refractivity contribution is 5.95. The Morgan fingerprint density at radius 1 is 1.19 bits per heavy atom. The highest BCUT2D eigenvalue weighted by Crippen LogP contribution is 2.29. The molecule has 3 heterocycles. The van der Waals surface area contributed by atoms with Crippen molar-refractivity contribution in [2.75, 3.05) is 26.2 Å². The fourth-order valence-corrected chi connectivity index (χ4v) is 3.83. The number of para-hydroxylation sites is 1. The molecule has 0 spiro atoms. The van der Waals surface area contributed by atoms with E-state index in [1.165, 1.54) is 6.20 Å². The summed E-state index contributed by atoms with van der Waals surface area (Å²) in [6.45, 7) is 3.76. The number of hydrogen-bond acceptors (Lipinski definition) is 6. The van der Waals surface area contributed by atoms with E-state index in [-0.39, 0.29) is 17.7 Å². The van der Waals surface area contributed by atoms with E-state index in [4.69, 9.17) is 4.74 Å². The molecule has 2 amide bonds. The first-order chi connectivity index (χ1) is 15.6. The van der Waals surface area contributed by atoms with E-state index in [1.807, 2.05) is 42.2 Å². The van der Waals surface area contributed by atoms with E-state index in [0.717, 1.165) is 24.3 Å². The Morgan fingerprint density at radius 3 is 2.69 bits per heavy atom. The summed E-state index contributed by atoms with van der Waals surface area (Å²) in [4.78, 5) is 36.0. The third kappa shape index (κ3) is 5.11. The van der Waals surface area contributed by atoms with Gasteiger partial charge in [-0.15, -0.1) is 0 Å². The van der Waals surface area contributed by atoms with Crippen LogP contribution in [0.15, 0.2) is 48.9 Å². The molecular weight excluding hydrogens is 408 g/mol. The largest absolute Gasteiger partial charge is 0.492 e. The van der Waals surface area contributed by atoms with E-state index >= 15 is 0 Å². The average Bonchev–Trinajstić information content (AvgIpc) is 3.37. The van der Waals surface area contributed by atoms with Crippen molar-refractivity contribution in [3.05, 3.63) is 71.6 Å². The monoisotopic (exact) mass is 434 g/mol. The van der Waals surface area contributed by atoms with Crippen LogP contribution in [-0.2, 0) is 0 Å². The van der Waals surface area contributed by atoms with Gasteiger partial charge in [-0.05, 0) is 31.9 Å². The van der Waals surface area contributed by atoms with Crippen LogP contribution in [0.5, 0.6) is 5.75 Å². The summed E-state index contributed by atoms with van der Waals surface area (Å²) < 4.78 is 5.63. The van der Waals surface area contributed by atoms with Gasteiger partial charge in [-0.2, -0.15) is 5.10 Å². The van der Waals surface area contributed by atoms with Crippen LogP contribution in [0.1, 0.15) is 51.0 Å². The SMILES string of the molecule is Cc1ncc(C(=O)NCCOc2ccccc2)c(C2CCN(C(=O)c3cn[nH]c3)CC2)n1. The molecule has 0 saturated carbocycles. The van der Waals surface area contributed by atoms with Crippen LogP contribution in [0.2, 0.25) is 0 Å². The fourth-order valence-electron chi connectivity index (χ4n) is 3.83. The van der Waals surface area contributed by atoms with E-state index in [9.17, 15) is 9.59 Å². The maximum Gasteiger partial charge on any atom is 0.257 e. The lowest BCUT2D eigenvalue weighted by atomic mass is 9.90. The molecule has 9 nitrogen and oxygen atoms in total. The van der Waals surface area contributed by atoms with Crippen molar-refractivity contribution in [2.24, 2.45) is 0 Å². The van der Waals surface area contributed by atoms with Gasteiger partial charge in [0.15, 0.2) is 0 Å². The van der Waals surface area contributed by atoms with Gasteiger partial charge in [0.2, 0.25) is 0 Å². The number of amides is 2. The van der Waals surface area contributed by atoms with Crippen LogP contribution in [-0.4, -0.2) is 63.1 Å². The molecular formula is C23H26N6O3. The summed E-state index contributed by atoms with van der Waals surface area (Å²) in [5, 5.41) is 9.41. The molecule has 2 N–H and O–H groups in total. The lowest BCUT2D eigenvalue weighted by Gasteiger charge is -2.32. The zero-order valence-corrected chi connectivity index (χ0v) is 18.0. The van der Waals surface area contributed by atoms with Crippen molar-refractivity contribution in [2.45, 2.75) is 25.7 Å². The summed E-state index contributed by atoms with van der Waals surface area (Å²) in [6.07, 6.45) is 6.20. The normalized spacial score (nSPS) is 14.2. The second kappa shape index (κ2) is 10.0. The van der Waals surface area contributed by atoms with Crippen LogP contribution < -0.4 is 10.1 Å². The number of carbonyl (C=O) groups excluding carboxylic acids is 2. The second-order valence-corrected chi connectivity index (χ2v) is 7.69. The summed E-state index contributed by atoms with van der Waals surface area (Å²) in [7, 11) is 0. The number of hydrogen-bond donors (Lipinski definition) is 2. The minimum absolute atomic E-state index is 0.0348. The molecule has 1 aliphatic heterocycles. The maximum atomic E-state index is 12.8. The molecule has 1 fully saturated rings. The van der Waals surface area contributed by atoms with Crippen LogP contribution in [0.4, 0.5) is 0 Å². The first-order valence-corrected chi connectivity index (χ1v) is 10.7. The summed E-state index contributed by atoms with van der Waals surface area (Å²) in [5.74, 6) is 1.23. The van der Waals surface area contributed by atoms with Crippen molar-refractivity contribution >= 4 is 11.8 Å². The lowest BCUT2D eigenvalue weighted by molar-refractivity contribution is 0.0710. The van der Waals surface area contributed by atoms with Gasteiger partial charge in [-0.3, -0.25) is 14.7 Å². The van der Waals surface area contributed by atoms with Crippen LogP contribution in [0.3, 0.4) is 0 Å². The number of carbonyl (C=O) groups is 2. The zero-order chi connectivity index (χ0) is 22.3. The highest BCUT2D eigenvalue weighted by atomic mass is 16.5. The van der Waals surface area contributed by atoms with Gasteiger partial charge in [0.1, 0.15) is 18.2 Å². The fraction of sp³-hybridized carbons (Fsp3) is 0.348. The van der Waals surface area contributed by atoms with Gasteiger partial charge in [0, 0.05) is 31.4 Å². The number of likely N-dealkylation sites (tertiary alicyclic amines) is 1. The third-order valence-corrected chi connectivity index (χ3v) is 5.50. The molecule has 0 bridgehead atoms. The molecule has 0 radical (unpaired) electrons. The van der Waals surface area contributed by atoms with Gasteiger partial charge in [-0.25, -0.2) is 9.97 Å². The smallest absolute Gasteiger partial charge is 0.257 e. The van der Waals surface area contributed by atoms with Gasteiger partial charge in [0.25, 0.3) is 11.8 Å². The Hall–Kier alpha value is -3.75. The standard InChI is InChI=1S/C23H26N6O3/c1-16-25-15-20(22(30)24-9-12-32-19-5-3-2-4-6-19)21(28-16)17-7-10-29(11-8-17)23(31)18-13-26-27-14-18/h2-6,13-15,17H,7-12H2,1H3,(H,24,30)(H,26,27). The number of rotatable bonds is 7. The minimum Gasteiger partial charge on any atom is -0.492 e. The molecule has 166 valence electrons. The zero-order valence-electron chi connectivity index (χ0n) is 18.0. The predicted molar refractivity (Wildman–Crippen MR) is 118 cm³/mol. The Morgan fingerprint density at radius 2 is 1.97 bits per heavy atom. The van der Waals surface area contributed by atoms with Crippen LogP contribution in [0, 0.1) is 6.92 Å². The number of piperidine rings is 1. The van der Waals surface area contributed by atoms with Crippen molar-refractivity contribution in [3.63, 3.8) is 0 Å². The summed E-state index contributed by atoms with van der Waals surface area (Å²) in [5.41, 5.74) is 1.78. The average molecular weight is 435 g/mol. The molecule has 2 aromatic heterocycles. The number of benzene rings is 1. The van der Waals surface area contributed by atoms with Gasteiger partial charge < -0.3 is 15.0 Å². The molecule has 4 rings (SSSR count). The second-order valence-electron chi connectivity index (χ2n) is 7.69. The quantitative estimate of drug-likeness (QED) is 0.552. The van der Waals surface area contributed by atoms with Crippen LogP contribution >= 0.6 is 0 Å². The van der Waals surface area contributed by atoms with Gasteiger partial charge in [-0.1, -0.05) is 18.2 Å². The Balaban J connectivity index is 1.35.